The lowest BCUT2D eigenvalue weighted by Gasteiger charge is -2.10. The molecular formula is C14H17N3O2S. The van der Waals surface area contributed by atoms with Gasteiger partial charge in [0.05, 0.1) is 0 Å². The highest BCUT2D eigenvalue weighted by Crippen LogP contribution is 2.20. The zero-order valence-electron chi connectivity index (χ0n) is 11.5. The van der Waals surface area contributed by atoms with E-state index >= 15 is 0 Å². The summed E-state index contributed by atoms with van der Waals surface area (Å²) >= 11 is 1.15. The van der Waals surface area contributed by atoms with Crippen LogP contribution in [0.4, 0.5) is 11.4 Å². The molecule has 6 heteroatoms. The fraction of sp³-hybridized carbons (Fsp3) is 0.286. The van der Waals surface area contributed by atoms with Gasteiger partial charge in [-0.05, 0) is 31.5 Å². The molecule has 106 valence electrons. The summed E-state index contributed by atoms with van der Waals surface area (Å²) in [5.74, 6) is -0.129. The molecule has 0 radical (unpaired) electrons. The van der Waals surface area contributed by atoms with Gasteiger partial charge in [-0.3, -0.25) is 9.59 Å². The fourth-order valence-electron chi connectivity index (χ4n) is 1.89. The molecule has 2 aromatic rings. The summed E-state index contributed by atoms with van der Waals surface area (Å²) in [5, 5.41) is 4.62. The number of carbonyl (C=O) groups excluding carboxylic acids is 1. The summed E-state index contributed by atoms with van der Waals surface area (Å²) in [4.78, 5) is 23.4. The molecule has 0 aliphatic heterocycles. The van der Waals surface area contributed by atoms with Gasteiger partial charge < -0.3 is 15.6 Å². The third-order valence-electron chi connectivity index (χ3n) is 3.19. The van der Waals surface area contributed by atoms with Crippen LogP contribution in [-0.2, 0) is 11.3 Å². The molecule has 0 aliphatic rings. The number of aromatic nitrogens is 1. The van der Waals surface area contributed by atoms with Crippen molar-refractivity contribution in [2.24, 2.45) is 0 Å². The van der Waals surface area contributed by atoms with Crippen molar-refractivity contribution >= 4 is 28.6 Å². The average Bonchev–Trinajstić information content (AvgIpc) is 2.72. The summed E-state index contributed by atoms with van der Waals surface area (Å²) in [7, 11) is 0. The van der Waals surface area contributed by atoms with E-state index in [-0.39, 0.29) is 17.2 Å². The molecule has 20 heavy (non-hydrogen) atoms. The SMILES string of the molecule is Cc1c(N)cccc1NC(=O)CCn1c(C)csc1=O. The van der Waals surface area contributed by atoms with E-state index in [0.29, 0.717) is 17.9 Å². The van der Waals surface area contributed by atoms with Crippen molar-refractivity contribution in [1.82, 2.24) is 4.57 Å². The van der Waals surface area contributed by atoms with Crippen LogP contribution in [0.2, 0.25) is 0 Å². The molecule has 0 unspecified atom stereocenters. The molecule has 3 N–H and O–H groups in total. The van der Waals surface area contributed by atoms with Gasteiger partial charge in [-0.1, -0.05) is 17.4 Å². The Bertz CT molecular complexity index is 688. The van der Waals surface area contributed by atoms with Crippen LogP contribution in [0, 0.1) is 13.8 Å². The van der Waals surface area contributed by atoms with Gasteiger partial charge in [-0.15, -0.1) is 0 Å². The quantitative estimate of drug-likeness (QED) is 0.847. The third-order valence-corrected chi connectivity index (χ3v) is 4.07. The maximum absolute atomic E-state index is 11.9. The zero-order chi connectivity index (χ0) is 14.7. The van der Waals surface area contributed by atoms with Crippen LogP contribution in [0.1, 0.15) is 17.7 Å². The molecular weight excluding hydrogens is 274 g/mol. The van der Waals surface area contributed by atoms with E-state index < -0.39 is 0 Å². The molecule has 1 amide bonds. The number of thiazole rings is 1. The number of hydrogen-bond donors (Lipinski definition) is 2. The van der Waals surface area contributed by atoms with Crippen molar-refractivity contribution in [2.75, 3.05) is 11.1 Å². The van der Waals surface area contributed by atoms with E-state index in [9.17, 15) is 9.59 Å². The number of nitrogens with zero attached hydrogens (tertiary/aromatic N) is 1. The predicted molar refractivity (Wildman–Crippen MR) is 82.2 cm³/mol. The number of nitrogens with one attached hydrogen (secondary N) is 1. The molecule has 0 saturated heterocycles. The Hall–Kier alpha value is -2.08. The molecule has 0 spiro atoms. The van der Waals surface area contributed by atoms with Gasteiger partial charge in [0, 0.05) is 35.4 Å². The van der Waals surface area contributed by atoms with E-state index in [1.54, 1.807) is 22.1 Å². The lowest BCUT2D eigenvalue weighted by Crippen LogP contribution is -2.20. The Morgan fingerprint density at radius 3 is 2.80 bits per heavy atom. The standard InChI is InChI=1S/C14H17N3O2S/c1-9-8-20-14(19)17(9)7-6-13(18)16-12-5-3-4-11(15)10(12)2/h3-5,8H,6-7,15H2,1-2H3,(H,16,18). The number of anilines is 2. The highest BCUT2D eigenvalue weighted by molar-refractivity contribution is 7.07. The van der Waals surface area contributed by atoms with Crippen LogP contribution < -0.4 is 15.9 Å². The number of hydrogen-bond acceptors (Lipinski definition) is 4. The van der Waals surface area contributed by atoms with Crippen molar-refractivity contribution in [3.05, 3.63) is 44.5 Å². The van der Waals surface area contributed by atoms with E-state index in [2.05, 4.69) is 5.32 Å². The number of rotatable bonds is 4. The second kappa shape index (κ2) is 5.92. The smallest absolute Gasteiger partial charge is 0.307 e. The van der Waals surface area contributed by atoms with E-state index in [4.69, 9.17) is 5.73 Å². The highest BCUT2D eigenvalue weighted by atomic mass is 32.1. The van der Waals surface area contributed by atoms with Crippen LogP contribution >= 0.6 is 11.3 Å². The van der Waals surface area contributed by atoms with Crippen molar-refractivity contribution in [2.45, 2.75) is 26.8 Å². The molecule has 0 saturated carbocycles. The minimum atomic E-state index is -0.129. The summed E-state index contributed by atoms with van der Waals surface area (Å²) in [5.41, 5.74) is 8.88. The molecule has 0 bridgehead atoms. The molecule has 5 nitrogen and oxygen atoms in total. The van der Waals surface area contributed by atoms with Crippen molar-refractivity contribution in [1.29, 1.82) is 0 Å². The minimum Gasteiger partial charge on any atom is -0.398 e. The molecule has 1 heterocycles. The van der Waals surface area contributed by atoms with E-state index in [1.807, 2.05) is 19.9 Å². The van der Waals surface area contributed by atoms with Gasteiger partial charge in [0.2, 0.25) is 5.91 Å². The normalized spacial score (nSPS) is 10.5. The van der Waals surface area contributed by atoms with Gasteiger partial charge in [0.15, 0.2) is 0 Å². The van der Waals surface area contributed by atoms with Crippen LogP contribution in [-0.4, -0.2) is 10.5 Å². The number of nitrogen functional groups attached to an aromatic ring is 1. The lowest BCUT2D eigenvalue weighted by atomic mass is 10.1. The van der Waals surface area contributed by atoms with Crippen molar-refractivity contribution in [3.63, 3.8) is 0 Å². The van der Waals surface area contributed by atoms with E-state index in [1.165, 1.54) is 0 Å². The third kappa shape index (κ3) is 3.08. The topological polar surface area (TPSA) is 77.1 Å². The largest absolute Gasteiger partial charge is 0.398 e. The molecule has 1 aromatic heterocycles. The average molecular weight is 291 g/mol. The van der Waals surface area contributed by atoms with Gasteiger partial charge in [0.1, 0.15) is 0 Å². The first kappa shape index (κ1) is 14.3. The molecule has 0 atom stereocenters. The van der Waals surface area contributed by atoms with E-state index in [0.717, 1.165) is 22.6 Å². The van der Waals surface area contributed by atoms with Gasteiger partial charge >= 0.3 is 4.87 Å². The monoisotopic (exact) mass is 291 g/mol. The van der Waals surface area contributed by atoms with Gasteiger partial charge in [-0.2, -0.15) is 0 Å². The maximum atomic E-state index is 11.9. The Kier molecular flexibility index (Phi) is 4.24. The Labute approximate surface area is 121 Å². The number of aryl methyl sites for hydroxylation is 1. The van der Waals surface area contributed by atoms with Gasteiger partial charge in [-0.25, -0.2) is 0 Å². The first-order valence-electron chi connectivity index (χ1n) is 6.29. The highest BCUT2D eigenvalue weighted by Gasteiger charge is 2.08. The number of amides is 1. The first-order valence-corrected chi connectivity index (χ1v) is 7.17. The summed E-state index contributed by atoms with van der Waals surface area (Å²) < 4.78 is 1.61. The van der Waals surface area contributed by atoms with Gasteiger partial charge in [0.25, 0.3) is 0 Å². The van der Waals surface area contributed by atoms with Crippen LogP contribution in [0.3, 0.4) is 0 Å². The summed E-state index contributed by atoms with van der Waals surface area (Å²) in [6.07, 6.45) is 0.256. The Morgan fingerprint density at radius 1 is 1.40 bits per heavy atom. The molecule has 0 aliphatic carbocycles. The zero-order valence-corrected chi connectivity index (χ0v) is 12.3. The maximum Gasteiger partial charge on any atom is 0.307 e. The van der Waals surface area contributed by atoms with Crippen LogP contribution in [0.25, 0.3) is 0 Å². The second-order valence-electron chi connectivity index (χ2n) is 4.61. The molecule has 2 rings (SSSR count). The predicted octanol–water partition coefficient (Wildman–Crippen LogP) is 2.14. The second-order valence-corrected chi connectivity index (χ2v) is 5.43. The number of nitrogens with two attached hydrogens (primary N) is 1. The van der Waals surface area contributed by atoms with Crippen molar-refractivity contribution in [3.8, 4) is 0 Å². The first-order chi connectivity index (χ1) is 9.49. The Balaban J connectivity index is 2.00. The fourth-order valence-corrected chi connectivity index (χ4v) is 2.65. The summed E-state index contributed by atoms with van der Waals surface area (Å²) in [6, 6.07) is 5.40. The Morgan fingerprint density at radius 2 is 2.15 bits per heavy atom. The lowest BCUT2D eigenvalue weighted by molar-refractivity contribution is -0.116. The summed E-state index contributed by atoms with van der Waals surface area (Å²) in [6.45, 7) is 4.11. The number of carbonyl (C=O) groups is 1. The number of benzene rings is 1. The van der Waals surface area contributed by atoms with Crippen molar-refractivity contribution < 1.29 is 4.79 Å². The van der Waals surface area contributed by atoms with Crippen LogP contribution in [0.15, 0.2) is 28.4 Å². The molecule has 0 fully saturated rings. The van der Waals surface area contributed by atoms with Crippen LogP contribution in [0.5, 0.6) is 0 Å². The molecule has 1 aromatic carbocycles. The minimum absolute atomic E-state index is 0.0320.